The number of benzene rings is 1. The maximum absolute atomic E-state index is 13.1. The van der Waals surface area contributed by atoms with Crippen LogP contribution in [0.4, 0.5) is 13.2 Å². The van der Waals surface area contributed by atoms with E-state index in [1.54, 1.807) is 30.5 Å². The lowest BCUT2D eigenvalue weighted by molar-refractivity contribution is -0.140. The maximum Gasteiger partial charge on any atom is 0.406 e. The van der Waals surface area contributed by atoms with Crippen molar-refractivity contribution >= 4 is 21.8 Å². The van der Waals surface area contributed by atoms with Crippen molar-refractivity contribution in [3.8, 4) is 11.1 Å². The van der Waals surface area contributed by atoms with Gasteiger partial charge in [0.1, 0.15) is 6.54 Å². The number of H-pyrrole nitrogens is 1. The van der Waals surface area contributed by atoms with Crippen LogP contribution in [0.5, 0.6) is 0 Å². The van der Waals surface area contributed by atoms with Crippen molar-refractivity contribution < 1.29 is 13.2 Å². The van der Waals surface area contributed by atoms with E-state index in [1.807, 2.05) is 13.0 Å². The van der Waals surface area contributed by atoms with Gasteiger partial charge in [0.15, 0.2) is 0 Å². The van der Waals surface area contributed by atoms with E-state index in [4.69, 9.17) is 0 Å². The summed E-state index contributed by atoms with van der Waals surface area (Å²) < 4.78 is 40.0. The molecular weight excluding hydrogens is 345 g/mol. The van der Waals surface area contributed by atoms with Crippen LogP contribution >= 0.6 is 0 Å². The first kappa shape index (κ1) is 16.3. The number of alkyl halides is 3. The van der Waals surface area contributed by atoms with E-state index in [9.17, 15) is 18.0 Å². The zero-order valence-electron chi connectivity index (χ0n) is 13.6. The third-order valence-corrected chi connectivity index (χ3v) is 4.33. The Morgan fingerprint density at radius 1 is 1.19 bits per heavy atom. The molecule has 0 spiro atoms. The van der Waals surface area contributed by atoms with Crippen LogP contribution in [0, 0.1) is 6.92 Å². The first-order chi connectivity index (χ1) is 12.3. The molecule has 0 fully saturated rings. The van der Waals surface area contributed by atoms with Gasteiger partial charge in [-0.3, -0.25) is 19.4 Å². The Morgan fingerprint density at radius 2 is 2.00 bits per heavy atom. The highest BCUT2D eigenvalue weighted by Gasteiger charge is 2.30. The quantitative estimate of drug-likeness (QED) is 0.593. The Hall–Kier alpha value is -3.16. The predicted octanol–water partition coefficient (Wildman–Crippen LogP) is 3.81. The van der Waals surface area contributed by atoms with Gasteiger partial charge in [-0.2, -0.15) is 18.3 Å². The molecule has 1 aromatic carbocycles. The van der Waals surface area contributed by atoms with Crippen molar-refractivity contribution in [2.45, 2.75) is 19.6 Å². The second-order valence-electron chi connectivity index (χ2n) is 6.03. The molecule has 26 heavy (non-hydrogen) atoms. The van der Waals surface area contributed by atoms with E-state index < -0.39 is 18.3 Å². The van der Waals surface area contributed by atoms with Gasteiger partial charge in [-0.05, 0) is 24.6 Å². The number of pyridine rings is 2. The average Bonchev–Trinajstić information content (AvgIpc) is 3.08. The second kappa shape index (κ2) is 5.69. The molecule has 0 atom stereocenters. The summed E-state index contributed by atoms with van der Waals surface area (Å²) in [5, 5.41) is 7.16. The second-order valence-corrected chi connectivity index (χ2v) is 6.03. The highest BCUT2D eigenvalue weighted by Crippen LogP contribution is 2.29. The fourth-order valence-corrected chi connectivity index (χ4v) is 3.17. The Morgan fingerprint density at radius 3 is 2.73 bits per heavy atom. The number of rotatable bonds is 2. The van der Waals surface area contributed by atoms with Crippen molar-refractivity contribution in [1.29, 1.82) is 0 Å². The van der Waals surface area contributed by atoms with Gasteiger partial charge in [-0.25, -0.2) is 0 Å². The minimum atomic E-state index is -4.52. The summed E-state index contributed by atoms with van der Waals surface area (Å²) in [5.74, 6) is 0. The number of aromatic nitrogens is 4. The zero-order valence-corrected chi connectivity index (χ0v) is 13.6. The molecule has 3 aromatic heterocycles. The molecule has 0 radical (unpaired) electrons. The maximum atomic E-state index is 13.1. The van der Waals surface area contributed by atoms with Crippen LogP contribution in [-0.2, 0) is 6.54 Å². The molecule has 3 heterocycles. The molecule has 0 unspecified atom stereocenters. The molecule has 0 bridgehead atoms. The molecular formula is C18H13F3N4O. The van der Waals surface area contributed by atoms with Crippen molar-refractivity contribution in [3.05, 3.63) is 58.8 Å². The fourth-order valence-electron chi connectivity index (χ4n) is 3.17. The molecule has 4 aromatic rings. The molecule has 8 heteroatoms. The van der Waals surface area contributed by atoms with Crippen LogP contribution < -0.4 is 5.56 Å². The highest BCUT2D eigenvalue weighted by molar-refractivity contribution is 6.04. The van der Waals surface area contributed by atoms with Crippen LogP contribution in [0.2, 0.25) is 0 Å². The minimum absolute atomic E-state index is 0.132. The topological polar surface area (TPSA) is 63.6 Å². The zero-order chi connectivity index (χ0) is 18.5. The highest BCUT2D eigenvalue weighted by atomic mass is 19.4. The summed E-state index contributed by atoms with van der Waals surface area (Å²) in [6.07, 6.45) is -1.62. The molecule has 0 aliphatic carbocycles. The van der Waals surface area contributed by atoms with E-state index in [1.165, 1.54) is 6.20 Å². The monoisotopic (exact) mass is 358 g/mol. The van der Waals surface area contributed by atoms with Gasteiger partial charge >= 0.3 is 6.18 Å². The third-order valence-electron chi connectivity index (χ3n) is 4.33. The smallest absolute Gasteiger partial charge is 0.298 e. The fraction of sp³-hybridized carbons (Fsp3) is 0.167. The lowest BCUT2D eigenvalue weighted by Gasteiger charge is -2.15. The Bertz CT molecular complexity index is 1190. The first-order valence-electron chi connectivity index (χ1n) is 7.83. The molecule has 4 rings (SSSR count). The normalized spacial score (nSPS) is 12.2. The number of fused-ring (bicyclic) bond motifs is 3. The Balaban J connectivity index is 2.08. The van der Waals surface area contributed by atoms with Gasteiger partial charge in [0.05, 0.1) is 22.6 Å². The Kier molecular flexibility index (Phi) is 3.57. The lowest BCUT2D eigenvalue weighted by atomic mass is 10.0. The van der Waals surface area contributed by atoms with Crippen molar-refractivity contribution in [2.75, 3.05) is 0 Å². The van der Waals surface area contributed by atoms with E-state index in [0.717, 1.165) is 15.8 Å². The van der Waals surface area contributed by atoms with E-state index >= 15 is 0 Å². The standard InChI is InChI=1S/C18H13F3N4O/c1-10-12(3-2-6-22-10)11-4-5-13-15(7-11)25(9-18(19,20)21)17(26)14-8-23-24-16(13)14/h2-8H,9H2,1H3,(H,23,24). The molecule has 5 nitrogen and oxygen atoms in total. The number of hydrogen-bond donors (Lipinski definition) is 1. The van der Waals surface area contributed by atoms with E-state index in [-0.39, 0.29) is 10.9 Å². The van der Waals surface area contributed by atoms with Gasteiger partial charge in [-0.15, -0.1) is 0 Å². The summed E-state index contributed by atoms with van der Waals surface area (Å²) >= 11 is 0. The summed E-state index contributed by atoms with van der Waals surface area (Å²) in [4.78, 5) is 16.8. The number of nitrogens with one attached hydrogen (secondary N) is 1. The van der Waals surface area contributed by atoms with Crippen molar-refractivity contribution in [3.63, 3.8) is 0 Å². The molecule has 0 aliphatic rings. The summed E-state index contributed by atoms with van der Waals surface area (Å²) in [5.41, 5.74) is 2.14. The van der Waals surface area contributed by atoms with Gasteiger partial charge in [-0.1, -0.05) is 18.2 Å². The number of aryl methyl sites for hydroxylation is 1. The number of aromatic amines is 1. The summed E-state index contributed by atoms with van der Waals surface area (Å²) in [6, 6.07) is 8.68. The van der Waals surface area contributed by atoms with Gasteiger partial charge in [0.25, 0.3) is 5.56 Å². The summed E-state index contributed by atoms with van der Waals surface area (Å²) in [6.45, 7) is 0.458. The molecule has 0 saturated carbocycles. The third kappa shape index (κ3) is 2.63. The van der Waals surface area contributed by atoms with Crippen LogP contribution in [0.25, 0.3) is 32.9 Å². The van der Waals surface area contributed by atoms with E-state index in [0.29, 0.717) is 16.5 Å². The molecule has 0 amide bonds. The Labute approximate surface area is 145 Å². The molecule has 0 aliphatic heterocycles. The van der Waals surface area contributed by atoms with Crippen molar-refractivity contribution in [1.82, 2.24) is 19.7 Å². The number of nitrogens with zero attached hydrogens (tertiary/aromatic N) is 3. The van der Waals surface area contributed by atoms with Crippen LogP contribution in [0.3, 0.4) is 0 Å². The van der Waals surface area contributed by atoms with Crippen LogP contribution in [0.15, 0.2) is 47.5 Å². The molecule has 0 saturated heterocycles. The van der Waals surface area contributed by atoms with Gasteiger partial charge in [0, 0.05) is 22.8 Å². The van der Waals surface area contributed by atoms with Crippen molar-refractivity contribution in [2.24, 2.45) is 0 Å². The van der Waals surface area contributed by atoms with Crippen LogP contribution in [0.1, 0.15) is 5.69 Å². The molecule has 1 N–H and O–H groups in total. The van der Waals surface area contributed by atoms with E-state index in [2.05, 4.69) is 15.2 Å². The van der Waals surface area contributed by atoms with Crippen LogP contribution in [-0.4, -0.2) is 25.9 Å². The SMILES string of the molecule is Cc1ncccc1-c1ccc2c3[nH]ncc3c(=O)n(CC(F)(F)F)c2c1. The first-order valence-corrected chi connectivity index (χ1v) is 7.83. The average molecular weight is 358 g/mol. The number of halogens is 3. The largest absolute Gasteiger partial charge is 0.406 e. The lowest BCUT2D eigenvalue weighted by Crippen LogP contribution is -2.28. The minimum Gasteiger partial charge on any atom is -0.298 e. The predicted molar refractivity (Wildman–Crippen MR) is 91.9 cm³/mol. The molecule has 132 valence electrons. The van der Waals surface area contributed by atoms with Gasteiger partial charge in [0.2, 0.25) is 0 Å². The number of hydrogen-bond acceptors (Lipinski definition) is 3. The summed E-state index contributed by atoms with van der Waals surface area (Å²) in [7, 11) is 0. The van der Waals surface area contributed by atoms with Gasteiger partial charge < -0.3 is 0 Å².